The fourth-order valence-electron chi connectivity index (χ4n) is 3.48. The smallest absolute Gasteiger partial charge is 0.226 e. The largest absolute Gasteiger partial charge is 0.382 e. The van der Waals surface area contributed by atoms with Crippen LogP contribution in [-0.4, -0.2) is 42.9 Å². The average molecular weight is 426 g/mol. The first-order valence-electron chi connectivity index (χ1n) is 11.2. The Hall–Kier alpha value is -2.87. The number of hydrogen-bond acceptors (Lipinski definition) is 8. The van der Waals surface area contributed by atoms with E-state index in [1.165, 1.54) is 31.2 Å². The summed E-state index contributed by atoms with van der Waals surface area (Å²) in [4.78, 5) is 22.5. The molecule has 1 saturated carbocycles. The van der Waals surface area contributed by atoms with Gasteiger partial charge in [-0.25, -0.2) is 0 Å². The van der Waals surface area contributed by atoms with Crippen molar-refractivity contribution in [2.75, 3.05) is 47.9 Å². The van der Waals surface area contributed by atoms with Crippen molar-refractivity contribution in [2.45, 2.75) is 45.7 Å². The summed E-state index contributed by atoms with van der Waals surface area (Å²) in [5.41, 5.74) is 9.18. The van der Waals surface area contributed by atoms with Crippen LogP contribution in [0.5, 0.6) is 0 Å². The Bertz CT molecular complexity index is 854. The summed E-state index contributed by atoms with van der Waals surface area (Å²) in [5, 5.41) is 9.86. The maximum Gasteiger partial charge on any atom is 0.226 e. The van der Waals surface area contributed by atoms with Crippen molar-refractivity contribution >= 4 is 29.6 Å². The van der Waals surface area contributed by atoms with E-state index < -0.39 is 0 Å². The van der Waals surface area contributed by atoms with E-state index in [2.05, 4.69) is 52.1 Å². The number of nitrogens with one attached hydrogen (secondary N) is 3. The number of nitrogens with zero attached hydrogens (tertiary/aromatic N) is 3. The van der Waals surface area contributed by atoms with Crippen LogP contribution in [0, 0.1) is 5.92 Å². The predicted molar refractivity (Wildman–Crippen MR) is 127 cm³/mol. The minimum Gasteiger partial charge on any atom is -0.382 e. The lowest BCUT2D eigenvalue weighted by Gasteiger charge is -2.25. The molecule has 0 unspecified atom stereocenters. The fraction of sp³-hybridized carbons (Fsp3) is 0.522. The quantitative estimate of drug-likeness (QED) is 0.270. The monoisotopic (exact) mass is 425 g/mol. The molecular formula is C23H35N7O. The van der Waals surface area contributed by atoms with E-state index in [4.69, 9.17) is 10.7 Å². The molecule has 1 aromatic carbocycles. The van der Waals surface area contributed by atoms with Gasteiger partial charge in [-0.3, -0.25) is 0 Å². The second-order valence-corrected chi connectivity index (χ2v) is 8.10. The van der Waals surface area contributed by atoms with E-state index in [-0.39, 0.29) is 6.54 Å². The highest BCUT2D eigenvalue weighted by molar-refractivity contribution is 5.79. The Morgan fingerprint density at radius 2 is 2.06 bits per heavy atom. The number of benzene rings is 1. The van der Waals surface area contributed by atoms with Crippen LogP contribution in [0.1, 0.15) is 43.7 Å². The number of nitrogens with two attached hydrogens (primary N) is 1. The SMILES string of the molecule is CCCCNCc1cccc(CN(CC=O)c2nc(NCC3CC3)nc(N)c2NC)c1. The van der Waals surface area contributed by atoms with Crippen molar-refractivity contribution in [3.05, 3.63) is 35.4 Å². The molecule has 0 amide bonds. The lowest BCUT2D eigenvalue weighted by Crippen LogP contribution is -2.28. The van der Waals surface area contributed by atoms with Gasteiger partial charge in [0.2, 0.25) is 5.95 Å². The number of nitrogen functional groups attached to an aromatic ring is 1. The zero-order valence-electron chi connectivity index (χ0n) is 18.7. The van der Waals surface area contributed by atoms with Crippen LogP contribution >= 0.6 is 0 Å². The number of carbonyl (C=O) groups excluding carboxylic acids is 1. The first kappa shape index (κ1) is 22.8. The van der Waals surface area contributed by atoms with Crippen molar-refractivity contribution in [1.29, 1.82) is 0 Å². The third-order valence-corrected chi connectivity index (χ3v) is 5.41. The molecule has 1 aliphatic rings. The van der Waals surface area contributed by atoms with Gasteiger partial charge in [-0.2, -0.15) is 9.97 Å². The van der Waals surface area contributed by atoms with Crippen LogP contribution in [-0.2, 0) is 17.9 Å². The van der Waals surface area contributed by atoms with Crippen LogP contribution in [0.3, 0.4) is 0 Å². The maximum absolute atomic E-state index is 11.5. The van der Waals surface area contributed by atoms with Gasteiger partial charge >= 0.3 is 0 Å². The molecule has 0 spiro atoms. The number of carbonyl (C=O) groups is 1. The highest BCUT2D eigenvalue weighted by atomic mass is 16.1. The van der Waals surface area contributed by atoms with Crippen LogP contribution in [0.15, 0.2) is 24.3 Å². The molecule has 8 heteroatoms. The van der Waals surface area contributed by atoms with Crippen molar-refractivity contribution in [1.82, 2.24) is 15.3 Å². The van der Waals surface area contributed by atoms with Gasteiger partial charge in [0.1, 0.15) is 12.0 Å². The zero-order valence-corrected chi connectivity index (χ0v) is 18.7. The van der Waals surface area contributed by atoms with E-state index in [0.717, 1.165) is 31.5 Å². The van der Waals surface area contributed by atoms with E-state index in [1.807, 2.05) is 4.90 Å². The van der Waals surface area contributed by atoms with Gasteiger partial charge in [0.15, 0.2) is 11.6 Å². The van der Waals surface area contributed by atoms with Crippen LogP contribution in [0.2, 0.25) is 0 Å². The Labute approximate surface area is 185 Å². The number of anilines is 4. The highest BCUT2D eigenvalue weighted by Crippen LogP contribution is 2.32. The molecule has 8 nitrogen and oxygen atoms in total. The molecule has 0 atom stereocenters. The average Bonchev–Trinajstić information content (AvgIpc) is 3.59. The molecule has 5 N–H and O–H groups in total. The third-order valence-electron chi connectivity index (χ3n) is 5.41. The number of aldehydes is 1. The summed E-state index contributed by atoms with van der Waals surface area (Å²) in [7, 11) is 1.79. The van der Waals surface area contributed by atoms with Crippen LogP contribution in [0.4, 0.5) is 23.3 Å². The van der Waals surface area contributed by atoms with Crippen LogP contribution in [0.25, 0.3) is 0 Å². The number of unbranched alkanes of at least 4 members (excludes halogenated alkanes) is 1. The molecule has 2 aromatic rings. The molecule has 1 fully saturated rings. The Balaban J connectivity index is 1.78. The molecule has 1 aliphatic carbocycles. The second kappa shape index (κ2) is 11.5. The number of hydrogen-bond donors (Lipinski definition) is 4. The van der Waals surface area contributed by atoms with Gasteiger partial charge in [-0.15, -0.1) is 0 Å². The molecule has 0 bridgehead atoms. The molecular weight excluding hydrogens is 390 g/mol. The summed E-state index contributed by atoms with van der Waals surface area (Å²) in [6, 6.07) is 8.42. The Morgan fingerprint density at radius 3 is 2.77 bits per heavy atom. The van der Waals surface area contributed by atoms with Gasteiger partial charge < -0.3 is 31.4 Å². The fourth-order valence-corrected chi connectivity index (χ4v) is 3.48. The molecule has 3 rings (SSSR count). The second-order valence-electron chi connectivity index (χ2n) is 8.10. The van der Waals surface area contributed by atoms with Gasteiger partial charge in [0.05, 0.1) is 6.54 Å². The normalized spacial score (nSPS) is 13.1. The summed E-state index contributed by atoms with van der Waals surface area (Å²) in [6.07, 6.45) is 5.73. The van der Waals surface area contributed by atoms with Crippen molar-refractivity contribution < 1.29 is 4.79 Å². The molecule has 1 aromatic heterocycles. The standard InChI is InChI=1S/C23H35N7O/c1-3-4-10-26-14-18-6-5-7-19(13-18)16-30(11-12-31)22-20(25-2)21(24)28-23(29-22)27-15-17-8-9-17/h5-7,12-13,17,25-26H,3-4,8-11,14-16H2,1-2H3,(H3,24,27,28,29). The molecule has 0 saturated heterocycles. The van der Waals surface area contributed by atoms with E-state index >= 15 is 0 Å². The summed E-state index contributed by atoms with van der Waals surface area (Å²) in [6.45, 7) is 5.65. The number of aromatic nitrogens is 2. The van der Waals surface area contributed by atoms with E-state index in [9.17, 15) is 4.79 Å². The summed E-state index contributed by atoms with van der Waals surface area (Å²) in [5.74, 6) is 2.20. The first-order valence-corrected chi connectivity index (χ1v) is 11.2. The van der Waals surface area contributed by atoms with Gasteiger partial charge in [0.25, 0.3) is 0 Å². The molecule has 168 valence electrons. The van der Waals surface area contributed by atoms with E-state index in [1.54, 1.807) is 7.05 Å². The Kier molecular flexibility index (Phi) is 8.46. The lowest BCUT2D eigenvalue weighted by atomic mass is 10.1. The minimum atomic E-state index is 0.214. The highest BCUT2D eigenvalue weighted by Gasteiger charge is 2.22. The molecule has 0 aliphatic heterocycles. The number of rotatable bonds is 14. The third kappa shape index (κ3) is 6.82. The zero-order chi connectivity index (χ0) is 22.1. The van der Waals surface area contributed by atoms with Crippen molar-refractivity contribution in [3.8, 4) is 0 Å². The van der Waals surface area contributed by atoms with Gasteiger partial charge in [-0.05, 0) is 42.9 Å². The Morgan fingerprint density at radius 1 is 1.26 bits per heavy atom. The molecule has 31 heavy (non-hydrogen) atoms. The van der Waals surface area contributed by atoms with Gasteiger partial charge in [-0.1, -0.05) is 37.6 Å². The molecule has 0 radical (unpaired) electrons. The van der Waals surface area contributed by atoms with Crippen LogP contribution < -0.4 is 26.6 Å². The first-order chi connectivity index (χ1) is 15.1. The lowest BCUT2D eigenvalue weighted by molar-refractivity contribution is -0.106. The summed E-state index contributed by atoms with van der Waals surface area (Å²) < 4.78 is 0. The maximum atomic E-state index is 11.5. The molecule has 1 heterocycles. The predicted octanol–water partition coefficient (Wildman–Crippen LogP) is 3.02. The van der Waals surface area contributed by atoms with E-state index in [0.29, 0.717) is 35.7 Å². The summed E-state index contributed by atoms with van der Waals surface area (Å²) >= 11 is 0. The van der Waals surface area contributed by atoms with Crippen molar-refractivity contribution in [3.63, 3.8) is 0 Å². The van der Waals surface area contributed by atoms with Crippen molar-refractivity contribution in [2.24, 2.45) is 5.92 Å². The topological polar surface area (TPSA) is 108 Å². The minimum absolute atomic E-state index is 0.214. The van der Waals surface area contributed by atoms with Gasteiger partial charge in [0, 0.05) is 26.7 Å².